The second-order valence-corrected chi connectivity index (χ2v) is 10.8. The molecule has 0 spiro atoms. The predicted octanol–water partition coefficient (Wildman–Crippen LogP) is 6.93. The number of nitrogens with one attached hydrogen (secondary N) is 2. The van der Waals surface area contributed by atoms with Crippen LogP contribution in [0.15, 0.2) is 66.7 Å². The minimum absolute atomic E-state index is 0.00462. The van der Waals surface area contributed by atoms with Crippen LogP contribution in [-0.4, -0.2) is 36.5 Å². The standard InChI is InChI=1S/C33H35F3N2O5/c1-43-28-19-26(33(34,35)36)18-27(20-28)38-32(42)29(24-13-11-23(12-14-24)22-5-3-2-4-6-22)17-21-7-9-25(10-8-21)31(41)37-16-15-30(39)40/h7-14,18-20,22,29H,2-6,15-17H2,1H3,(H,37,41)(H,38,42)(H,39,40). The third-order valence-corrected chi connectivity index (χ3v) is 7.75. The lowest BCUT2D eigenvalue weighted by Crippen LogP contribution is -2.26. The van der Waals surface area contributed by atoms with Crippen molar-refractivity contribution in [3.63, 3.8) is 0 Å². The van der Waals surface area contributed by atoms with Crippen molar-refractivity contribution in [1.82, 2.24) is 5.32 Å². The molecule has 1 fully saturated rings. The van der Waals surface area contributed by atoms with Crippen LogP contribution < -0.4 is 15.4 Å². The maximum atomic E-state index is 13.7. The molecular formula is C33H35F3N2O5. The third kappa shape index (κ3) is 8.83. The Kier molecular flexibility index (Phi) is 10.4. The lowest BCUT2D eigenvalue weighted by molar-refractivity contribution is -0.138. The smallest absolute Gasteiger partial charge is 0.416 e. The molecule has 0 bridgehead atoms. The third-order valence-electron chi connectivity index (χ3n) is 7.75. The number of carbonyl (C=O) groups is 3. The van der Waals surface area contributed by atoms with Crippen molar-refractivity contribution in [2.45, 2.75) is 63.0 Å². The summed E-state index contributed by atoms with van der Waals surface area (Å²) in [5.41, 5.74) is 2.03. The molecule has 4 rings (SSSR count). The highest BCUT2D eigenvalue weighted by atomic mass is 19.4. The van der Waals surface area contributed by atoms with Crippen LogP contribution in [0.4, 0.5) is 18.9 Å². The molecule has 1 aliphatic rings. The van der Waals surface area contributed by atoms with Gasteiger partial charge >= 0.3 is 12.1 Å². The predicted molar refractivity (Wildman–Crippen MR) is 156 cm³/mol. The Morgan fingerprint density at radius 2 is 1.63 bits per heavy atom. The Morgan fingerprint density at radius 1 is 0.953 bits per heavy atom. The molecule has 1 unspecified atom stereocenters. The summed E-state index contributed by atoms with van der Waals surface area (Å²) in [5, 5.41) is 14.0. The largest absolute Gasteiger partial charge is 0.497 e. The summed E-state index contributed by atoms with van der Waals surface area (Å²) < 4.78 is 45.5. The van der Waals surface area contributed by atoms with Gasteiger partial charge in [0.05, 0.1) is 25.0 Å². The van der Waals surface area contributed by atoms with E-state index in [1.165, 1.54) is 38.0 Å². The highest BCUT2D eigenvalue weighted by Gasteiger charge is 2.32. The Labute approximate surface area is 248 Å². The van der Waals surface area contributed by atoms with E-state index in [9.17, 15) is 27.6 Å². The van der Waals surface area contributed by atoms with Crippen LogP contribution >= 0.6 is 0 Å². The number of halogens is 3. The summed E-state index contributed by atoms with van der Waals surface area (Å²) in [5.74, 6) is -2.22. The fourth-order valence-electron chi connectivity index (χ4n) is 5.39. The Bertz CT molecular complexity index is 1420. The summed E-state index contributed by atoms with van der Waals surface area (Å²) in [4.78, 5) is 36.7. The van der Waals surface area contributed by atoms with E-state index < -0.39 is 35.4 Å². The minimum atomic E-state index is -4.62. The van der Waals surface area contributed by atoms with Crippen LogP contribution in [-0.2, 0) is 22.2 Å². The molecule has 0 aliphatic heterocycles. The first-order chi connectivity index (χ1) is 20.5. The molecule has 0 radical (unpaired) electrons. The van der Waals surface area contributed by atoms with Gasteiger partial charge in [-0.2, -0.15) is 13.2 Å². The number of carbonyl (C=O) groups excluding carboxylic acids is 2. The van der Waals surface area contributed by atoms with Crippen molar-refractivity contribution in [2.24, 2.45) is 0 Å². The van der Waals surface area contributed by atoms with Crippen LogP contribution in [0.1, 0.15) is 83.0 Å². The van der Waals surface area contributed by atoms with E-state index >= 15 is 0 Å². The number of anilines is 1. The van der Waals surface area contributed by atoms with Gasteiger partial charge in [-0.05, 0) is 66.1 Å². The molecule has 3 aromatic carbocycles. The van der Waals surface area contributed by atoms with E-state index in [0.29, 0.717) is 17.0 Å². The number of hydrogen-bond acceptors (Lipinski definition) is 4. The van der Waals surface area contributed by atoms with Crippen molar-refractivity contribution in [3.05, 3.63) is 94.5 Å². The van der Waals surface area contributed by atoms with E-state index in [0.717, 1.165) is 30.5 Å². The van der Waals surface area contributed by atoms with E-state index in [1.54, 1.807) is 24.3 Å². The van der Waals surface area contributed by atoms with Gasteiger partial charge < -0.3 is 20.5 Å². The zero-order chi connectivity index (χ0) is 31.0. The molecule has 0 aromatic heterocycles. The molecule has 0 saturated heterocycles. The first-order valence-electron chi connectivity index (χ1n) is 14.3. The zero-order valence-corrected chi connectivity index (χ0v) is 23.9. The van der Waals surface area contributed by atoms with Gasteiger partial charge in [0.2, 0.25) is 5.91 Å². The first kappa shape index (κ1) is 31.6. The van der Waals surface area contributed by atoms with Gasteiger partial charge in [0.1, 0.15) is 5.75 Å². The van der Waals surface area contributed by atoms with Crippen molar-refractivity contribution < 1.29 is 37.4 Å². The Balaban J connectivity index is 1.58. The molecule has 2 amide bonds. The van der Waals surface area contributed by atoms with Gasteiger partial charge in [-0.15, -0.1) is 0 Å². The average molecular weight is 597 g/mol. The van der Waals surface area contributed by atoms with Gasteiger partial charge in [-0.1, -0.05) is 55.7 Å². The van der Waals surface area contributed by atoms with Gasteiger partial charge in [0.25, 0.3) is 5.91 Å². The number of alkyl halides is 3. The summed E-state index contributed by atoms with van der Waals surface area (Å²) in [7, 11) is 1.26. The molecule has 43 heavy (non-hydrogen) atoms. The number of carboxylic acids is 1. The number of aliphatic carboxylic acids is 1. The molecule has 10 heteroatoms. The topological polar surface area (TPSA) is 105 Å². The van der Waals surface area contributed by atoms with Gasteiger partial charge in [-0.3, -0.25) is 14.4 Å². The normalized spacial score (nSPS) is 14.5. The summed E-state index contributed by atoms with van der Waals surface area (Å²) >= 11 is 0. The van der Waals surface area contributed by atoms with Crippen LogP contribution in [0.3, 0.4) is 0 Å². The number of hydrogen-bond donors (Lipinski definition) is 3. The highest BCUT2D eigenvalue weighted by molar-refractivity contribution is 5.96. The first-order valence-corrected chi connectivity index (χ1v) is 14.3. The zero-order valence-electron chi connectivity index (χ0n) is 23.9. The Morgan fingerprint density at radius 3 is 2.23 bits per heavy atom. The molecule has 1 atom stereocenters. The lowest BCUT2D eigenvalue weighted by Gasteiger charge is -2.23. The number of ether oxygens (including phenoxy) is 1. The van der Waals surface area contributed by atoms with Crippen LogP contribution in [0.5, 0.6) is 5.75 Å². The highest BCUT2D eigenvalue weighted by Crippen LogP contribution is 2.36. The van der Waals surface area contributed by atoms with E-state index in [2.05, 4.69) is 10.6 Å². The summed E-state index contributed by atoms with van der Waals surface area (Å²) in [6.07, 6.45) is 1.26. The van der Waals surface area contributed by atoms with Gasteiger partial charge in [-0.25, -0.2) is 0 Å². The number of benzene rings is 3. The maximum absolute atomic E-state index is 13.7. The number of carboxylic acid groups (broad SMARTS) is 1. The van der Waals surface area contributed by atoms with Crippen LogP contribution in [0.25, 0.3) is 0 Å². The van der Waals surface area contributed by atoms with Crippen LogP contribution in [0, 0.1) is 0 Å². The van der Waals surface area contributed by atoms with E-state index in [-0.39, 0.29) is 30.8 Å². The van der Waals surface area contributed by atoms with E-state index in [1.807, 2.05) is 24.3 Å². The number of methoxy groups -OCH3 is 1. The lowest BCUT2D eigenvalue weighted by atomic mass is 9.83. The second-order valence-electron chi connectivity index (χ2n) is 10.8. The second kappa shape index (κ2) is 14.2. The maximum Gasteiger partial charge on any atom is 0.416 e. The monoisotopic (exact) mass is 596 g/mol. The fraction of sp³-hybridized carbons (Fsp3) is 0.364. The molecule has 3 N–H and O–H groups in total. The quantitative estimate of drug-likeness (QED) is 0.223. The number of rotatable bonds is 11. The molecular weight excluding hydrogens is 561 g/mol. The number of amides is 2. The van der Waals surface area contributed by atoms with Crippen molar-refractivity contribution >= 4 is 23.5 Å². The van der Waals surface area contributed by atoms with Gasteiger partial charge in [0.15, 0.2) is 0 Å². The average Bonchev–Trinajstić information content (AvgIpc) is 2.99. The Hall–Kier alpha value is -4.34. The molecule has 7 nitrogen and oxygen atoms in total. The molecule has 3 aromatic rings. The molecule has 228 valence electrons. The molecule has 1 aliphatic carbocycles. The molecule has 0 heterocycles. The minimum Gasteiger partial charge on any atom is -0.497 e. The SMILES string of the molecule is COc1cc(NC(=O)C(Cc2ccc(C(=O)NCCC(=O)O)cc2)c2ccc(C3CCCCC3)cc2)cc(C(F)(F)F)c1. The van der Waals surface area contributed by atoms with Crippen molar-refractivity contribution in [1.29, 1.82) is 0 Å². The fourth-order valence-corrected chi connectivity index (χ4v) is 5.39. The summed E-state index contributed by atoms with van der Waals surface area (Å²) in [6, 6.07) is 17.6. The van der Waals surface area contributed by atoms with E-state index in [4.69, 9.17) is 9.84 Å². The van der Waals surface area contributed by atoms with Crippen LogP contribution in [0.2, 0.25) is 0 Å². The van der Waals surface area contributed by atoms with Crippen molar-refractivity contribution in [2.75, 3.05) is 19.0 Å². The summed E-state index contributed by atoms with van der Waals surface area (Å²) in [6.45, 7) is -0.00462. The van der Waals surface area contributed by atoms with Crippen molar-refractivity contribution in [3.8, 4) is 5.75 Å². The van der Waals surface area contributed by atoms with Gasteiger partial charge in [0, 0.05) is 23.9 Å². The molecule has 1 saturated carbocycles.